The number of nitrogens with one attached hydrogen (secondary N) is 2. The summed E-state index contributed by atoms with van der Waals surface area (Å²) in [6.07, 6.45) is 0. The second-order valence-electron chi connectivity index (χ2n) is 7.22. The first kappa shape index (κ1) is 23.1. The van der Waals surface area contributed by atoms with Gasteiger partial charge in [-0.1, -0.05) is 29.8 Å². The highest BCUT2D eigenvalue weighted by Gasteiger charge is 2.24. The Balaban J connectivity index is 1.45. The molecule has 3 rings (SSSR count). The highest BCUT2D eigenvalue weighted by Crippen LogP contribution is 2.19. The number of piperazine rings is 1. The Labute approximate surface area is 187 Å². The summed E-state index contributed by atoms with van der Waals surface area (Å²) in [5, 5.41) is 3.19. The molecule has 0 bridgehead atoms. The van der Waals surface area contributed by atoms with Gasteiger partial charge in [-0.3, -0.25) is 9.59 Å². The minimum absolute atomic E-state index is 0.0734. The Morgan fingerprint density at radius 1 is 1.00 bits per heavy atom. The molecular weight excluding hydrogens is 440 g/mol. The van der Waals surface area contributed by atoms with Gasteiger partial charge in [0, 0.05) is 36.9 Å². The average Bonchev–Trinajstić information content (AvgIpc) is 2.78. The Hall–Kier alpha value is -2.62. The van der Waals surface area contributed by atoms with Crippen LogP contribution in [0.15, 0.2) is 59.5 Å². The van der Waals surface area contributed by atoms with Crippen LogP contribution in [0.2, 0.25) is 5.02 Å². The van der Waals surface area contributed by atoms with E-state index in [0.29, 0.717) is 31.2 Å². The summed E-state index contributed by atoms with van der Waals surface area (Å²) in [6, 6.07) is 14.3. The van der Waals surface area contributed by atoms with Gasteiger partial charge < -0.3 is 15.1 Å². The third-order valence-corrected chi connectivity index (χ3v) is 6.83. The molecule has 0 radical (unpaired) electrons. The molecule has 0 aromatic heterocycles. The molecule has 1 saturated heterocycles. The van der Waals surface area contributed by atoms with Crippen molar-refractivity contribution in [3.05, 3.63) is 59.6 Å². The van der Waals surface area contributed by atoms with Crippen molar-refractivity contribution in [1.82, 2.24) is 14.9 Å². The Bertz CT molecular complexity index is 1010. The monoisotopic (exact) mass is 464 g/mol. The summed E-state index contributed by atoms with van der Waals surface area (Å²) in [4.78, 5) is 28.7. The van der Waals surface area contributed by atoms with E-state index in [1.807, 2.05) is 24.3 Å². The van der Waals surface area contributed by atoms with Crippen molar-refractivity contribution in [3.8, 4) is 0 Å². The standard InChI is InChI=1S/C21H25ClN4O4S/c1-16(24-31(29,30)19-5-3-2-4-6-19)21(28)23-15-20(27)26-13-11-25(12-14-26)18-9-7-17(22)8-10-18/h2-10,16,24H,11-15H2,1H3,(H,23,28)/t16-/m0/s1. The van der Waals surface area contributed by atoms with E-state index in [2.05, 4.69) is 14.9 Å². The molecule has 1 aliphatic heterocycles. The first-order chi connectivity index (χ1) is 14.8. The largest absolute Gasteiger partial charge is 0.368 e. The van der Waals surface area contributed by atoms with Crippen molar-refractivity contribution in [2.45, 2.75) is 17.9 Å². The lowest BCUT2D eigenvalue weighted by Crippen LogP contribution is -2.52. The zero-order valence-electron chi connectivity index (χ0n) is 17.1. The molecule has 1 fully saturated rings. The molecule has 8 nitrogen and oxygen atoms in total. The molecule has 1 heterocycles. The van der Waals surface area contributed by atoms with Crippen LogP contribution in [0.25, 0.3) is 0 Å². The number of amides is 2. The lowest BCUT2D eigenvalue weighted by Gasteiger charge is -2.36. The van der Waals surface area contributed by atoms with E-state index in [9.17, 15) is 18.0 Å². The van der Waals surface area contributed by atoms with E-state index in [1.54, 1.807) is 23.1 Å². The lowest BCUT2D eigenvalue weighted by molar-refractivity contribution is -0.133. The van der Waals surface area contributed by atoms with Crippen molar-refractivity contribution in [2.24, 2.45) is 0 Å². The molecule has 10 heteroatoms. The van der Waals surface area contributed by atoms with Crippen LogP contribution in [0.3, 0.4) is 0 Å². The van der Waals surface area contributed by atoms with Gasteiger partial charge in [0.1, 0.15) is 0 Å². The number of nitrogens with zero attached hydrogens (tertiary/aromatic N) is 2. The fraction of sp³-hybridized carbons (Fsp3) is 0.333. The average molecular weight is 465 g/mol. The van der Waals surface area contributed by atoms with Crippen LogP contribution in [0.4, 0.5) is 5.69 Å². The molecule has 0 aliphatic carbocycles. The van der Waals surface area contributed by atoms with Crippen LogP contribution < -0.4 is 14.9 Å². The number of rotatable bonds is 7. The van der Waals surface area contributed by atoms with Gasteiger partial charge in [-0.05, 0) is 43.3 Å². The number of halogens is 1. The SMILES string of the molecule is C[C@H](NS(=O)(=O)c1ccccc1)C(=O)NCC(=O)N1CCN(c2ccc(Cl)cc2)CC1. The lowest BCUT2D eigenvalue weighted by atomic mass is 10.2. The molecule has 1 aliphatic rings. The number of carbonyl (C=O) groups excluding carboxylic acids is 2. The number of anilines is 1. The van der Waals surface area contributed by atoms with E-state index >= 15 is 0 Å². The quantitative estimate of drug-likeness (QED) is 0.646. The second kappa shape index (κ2) is 10.1. The summed E-state index contributed by atoms with van der Waals surface area (Å²) < 4.78 is 27.0. The molecule has 2 N–H and O–H groups in total. The van der Waals surface area contributed by atoms with Crippen molar-refractivity contribution in [3.63, 3.8) is 0 Å². The summed E-state index contributed by atoms with van der Waals surface area (Å²) in [5.41, 5.74) is 1.05. The van der Waals surface area contributed by atoms with E-state index in [-0.39, 0.29) is 17.3 Å². The summed E-state index contributed by atoms with van der Waals surface area (Å²) in [5.74, 6) is -0.769. The molecule has 31 heavy (non-hydrogen) atoms. The predicted molar refractivity (Wildman–Crippen MR) is 119 cm³/mol. The minimum atomic E-state index is -3.82. The normalized spacial score (nSPS) is 15.4. The maximum atomic E-state index is 12.5. The predicted octanol–water partition coefficient (Wildman–Crippen LogP) is 1.47. The van der Waals surface area contributed by atoms with E-state index in [1.165, 1.54) is 19.1 Å². The van der Waals surface area contributed by atoms with E-state index in [4.69, 9.17) is 11.6 Å². The molecule has 1 atom stereocenters. The summed E-state index contributed by atoms with van der Waals surface area (Å²) in [6.45, 7) is 3.67. The van der Waals surface area contributed by atoms with Crippen molar-refractivity contribution < 1.29 is 18.0 Å². The third-order valence-electron chi connectivity index (χ3n) is 5.02. The molecule has 0 spiro atoms. The maximum absolute atomic E-state index is 12.5. The summed E-state index contributed by atoms with van der Waals surface area (Å²) >= 11 is 5.92. The van der Waals surface area contributed by atoms with Crippen LogP contribution in [-0.4, -0.2) is 63.9 Å². The highest BCUT2D eigenvalue weighted by atomic mass is 35.5. The number of carbonyl (C=O) groups is 2. The number of hydrogen-bond donors (Lipinski definition) is 2. The number of sulfonamides is 1. The molecule has 2 aromatic carbocycles. The number of hydrogen-bond acceptors (Lipinski definition) is 5. The smallest absolute Gasteiger partial charge is 0.242 e. The Kier molecular flexibility index (Phi) is 7.53. The van der Waals surface area contributed by atoms with E-state index in [0.717, 1.165) is 5.69 Å². The van der Waals surface area contributed by atoms with Crippen LogP contribution in [0.1, 0.15) is 6.92 Å². The first-order valence-corrected chi connectivity index (χ1v) is 11.8. The van der Waals surface area contributed by atoms with Crippen molar-refractivity contribution in [1.29, 1.82) is 0 Å². The van der Waals surface area contributed by atoms with Gasteiger partial charge in [0.05, 0.1) is 17.5 Å². The van der Waals surface area contributed by atoms with Crippen molar-refractivity contribution >= 4 is 39.1 Å². The maximum Gasteiger partial charge on any atom is 0.242 e. The zero-order valence-corrected chi connectivity index (χ0v) is 18.7. The fourth-order valence-electron chi connectivity index (χ4n) is 3.25. The second-order valence-corrected chi connectivity index (χ2v) is 9.37. The summed E-state index contributed by atoms with van der Waals surface area (Å²) in [7, 11) is -3.82. The van der Waals surface area contributed by atoms with Crippen LogP contribution in [-0.2, 0) is 19.6 Å². The van der Waals surface area contributed by atoms with Crippen LogP contribution >= 0.6 is 11.6 Å². The Morgan fingerprint density at radius 2 is 1.61 bits per heavy atom. The van der Waals surface area contributed by atoms with Gasteiger partial charge >= 0.3 is 0 Å². The number of benzene rings is 2. The van der Waals surface area contributed by atoms with Gasteiger partial charge in [-0.25, -0.2) is 8.42 Å². The van der Waals surface area contributed by atoms with Crippen molar-refractivity contribution in [2.75, 3.05) is 37.6 Å². The third kappa shape index (κ3) is 6.19. The van der Waals surface area contributed by atoms with E-state index < -0.39 is 22.0 Å². The highest BCUT2D eigenvalue weighted by molar-refractivity contribution is 7.89. The van der Waals surface area contributed by atoms with Gasteiger partial charge in [0.25, 0.3) is 0 Å². The van der Waals surface area contributed by atoms with Gasteiger partial charge in [-0.15, -0.1) is 0 Å². The van der Waals surface area contributed by atoms with Gasteiger partial charge in [0.2, 0.25) is 21.8 Å². The molecule has 2 aromatic rings. The Morgan fingerprint density at radius 3 is 2.23 bits per heavy atom. The molecular formula is C21H25ClN4O4S. The first-order valence-electron chi connectivity index (χ1n) is 9.89. The van der Waals surface area contributed by atoms with Gasteiger partial charge in [0.15, 0.2) is 0 Å². The fourth-order valence-corrected chi connectivity index (χ4v) is 4.60. The molecule has 0 unspecified atom stereocenters. The molecule has 2 amide bonds. The van der Waals surface area contributed by atoms with Gasteiger partial charge in [-0.2, -0.15) is 4.72 Å². The molecule has 0 saturated carbocycles. The minimum Gasteiger partial charge on any atom is -0.368 e. The van der Waals surface area contributed by atoms with Crippen LogP contribution in [0, 0.1) is 0 Å². The topological polar surface area (TPSA) is 98.8 Å². The van der Waals surface area contributed by atoms with Crippen LogP contribution in [0.5, 0.6) is 0 Å². The zero-order chi connectivity index (χ0) is 22.4. The molecule has 166 valence electrons.